The summed E-state index contributed by atoms with van der Waals surface area (Å²) >= 11 is 0. The van der Waals surface area contributed by atoms with Crippen molar-refractivity contribution >= 4 is 33.9 Å². The van der Waals surface area contributed by atoms with Gasteiger partial charge < -0.3 is 0 Å². The summed E-state index contributed by atoms with van der Waals surface area (Å²) in [5.41, 5.74) is 4.27. The van der Waals surface area contributed by atoms with Gasteiger partial charge in [-0.3, -0.25) is 0 Å². The third-order valence-corrected chi connectivity index (χ3v) is 13.9. The molecule has 0 aliphatic carbocycles. The molecule has 0 heterocycles. The van der Waals surface area contributed by atoms with Gasteiger partial charge in [-0.1, -0.05) is 142 Å². The Kier molecular flexibility index (Phi) is 7.92. The molecule has 0 spiro atoms. The Morgan fingerprint density at radius 1 is 0.656 bits per heavy atom. The van der Waals surface area contributed by atoms with Crippen LogP contribution in [0.3, 0.4) is 0 Å². The largest absolute Gasteiger partial charge is 0.103 e. The van der Waals surface area contributed by atoms with Gasteiger partial charge in [-0.05, 0) is 37.4 Å². The summed E-state index contributed by atoms with van der Waals surface area (Å²) in [6.07, 6.45) is 3.79. The van der Waals surface area contributed by atoms with Crippen LogP contribution < -0.4 is 15.6 Å². The highest BCUT2D eigenvalue weighted by Crippen LogP contribution is 2.20. The van der Waals surface area contributed by atoms with Gasteiger partial charge in [0.1, 0.15) is 8.80 Å². The highest BCUT2D eigenvalue weighted by Gasteiger charge is 2.27. The maximum absolute atomic E-state index is 2.39. The van der Waals surface area contributed by atoms with Crippen molar-refractivity contribution in [2.24, 2.45) is 0 Å². The lowest BCUT2D eigenvalue weighted by Gasteiger charge is -2.27. The van der Waals surface area contributed by atoms with Crippen LogP contribution in [-0.2, 0) is 6.42 Å². The lowest BCUT2D eigenvalue weighted by molar-refractivity contribution is 0.765. The second kappa shape index (κ2) is 11.3. The van der Waals surface area contributed by atoms with Crippen LogP contribution in [0.15, 0.2) is 109 Å². The van der Waals surface area contributed by atoms with E-state index < -0.39 is 8.80 Å². The zero-order valence-corrected chi connectivity index (χ0v) is 21.9. The fourth-order valence-electron chi connectivity index (χ4n) is 5.14. The van der Waals surface area contributed by atoms with E-state index in [1.807, 2.05) is 0 Å². The molecular formula is C30H34Si2. The number of hydrogen-bond donors (Lipinski definition) is 0. The fourth-order valence-corrected chi connectivity index (χ4v) is 13.5. The molecule has 0 nitrogen and oxygen atoms in total. The van der Waals surface area contributed by atoms with E-state index in [-0.39, 0.29) is 9.52 Å². The first-order valence-corrected chi connectivity index (χ1v) is 15.2. The molecule has 0 bridgehead atoms. The molecule has 0 saturated heterocycles. The van der Waals surface area contributed by atoms with Crippen molar-refractivity contribution in [2.75, 3.05) is 0 Å². The summed E-state index contributed by atoms with van der Waals surface area (Å²) in [5.74, 6) is 0. The second-order valence-electron chi connectivity index (χ2n) is 9.14. The minimum atomic E-state index is -1.32. The Labute approximate surface area is 197 Å². The van der Waals surface area contributed by atoms with Crippen LogP contribution in [0.2, 0.25) is 5.16 Å². The predicted octanol–water partition coefficient (Wildman–Crippen LogP) is 4.49. The average Bonchev–Trinajstić information content (AvgIpc) is 2.81. The molecule has 0 aromatic heterocycles. The van der Waals surface area contributed by atoms with E-state index in [0.717, 1.165) is 5.16 Å². The van der Waals surface area contributed by atoms with Gasteiger partial charge in [0.2, 0.25) is 0 Å². The van der Waals surface area contributed by atoms with Crippen molar-refractivity contribution in [3.8, 4) is 0 Å². The molecule has 0 radical (unpaired) electrons. The minimum Gasteiger partial charge on any atom is -0.0669 e. The summed E-state index contributed by atoms with van der Waals surface area (Å²) < 4.78 is 0. The fraction of sp³-hybridized carbons (Fsp3) is 0.200. The molecule has 32 heavy (non-hydrogen) atoms. The maximum Gasteiger partial charge on any atom is 0.103 e. The first-order valence-electron chi connectivity index (χ1n) is 11.9. The molecule has 4 aromatic carbocycles. The van der Waals surface area contributed by atoms with Crippen molar-refractivity contribution in [3.63, 3.8) is 0 Å². The van der Waals surface area contributed by atoms with E-state index in [2.05, 4.69) is 123 Å². The molecule has 0 fully saturated rings. The van der Waals surface area contributed by atoms with E-state index in [1.54, 1.807) is 15.6 Å². The quantitative estimate of drug-likeness (QED) is 0.330. The maximum atomic E-state index is 2.39. The van der Waals surface area contributed by atoms with Gasteiger partial charge in [-0.25, -0.2) is 0 Å². The molecule has 1 atom stereocenters. The van der Waals surface area contributed by atoms with Crippen LogP contribution in [0.1, 0.15) is 29.5 Å². The Hall–Kier alpha value is -2.69. The lowest BCUT2D eigenvalue weighted by atomic mass is 10.0. The SMILES string of the molecule is Cc1cc(C)cc(CCCC([SiH2]c2ccccc2)[SiH](c2ccccc2)c2ccccc2)c1. The number of benzene rings is 4. The molecule has 162 valence electrons. The van der Waals surface area contributed by atoms with Gasteiger partial charge in [0.15, 0.2) is 0 Å². The van der Waals surface area contributed by atoms with Crippen molar-refractivity contribution < 1.29 is 0 Å². The number of aryl methyl sites for hydroxylation is 3. The Morgan fingerprint density at radius 3 is 1.69 bits per heavy atom. The molecule has 0 N–H and O–H groups in total. The van der Waals surface area contributed by atoms with Gasteiger partial charge in [-0.15, -0.1) is 0 Å². The van der Waals surface area contributed by atoms with Crippen LogP contribution >= 0.6 is 0 Å². The third kappa shape index (κ3) is 6.18. The summed E-state index contributed by atoms with van der Waals surface area (Å²) in [7, 11) is -1.71. The summed E-state index contributed by atoms with van der Waals surface area (Å²) in [6.45, 7) is 4.44. The minimum absolute atomic E-state index is 0.387. The lowest BCUT2D eigenvalue weighted by Crippen LogP contribution is -2.49. The monoisotopic (exact) mass is 450 g/mol. The highest BCUT2D eigenvalue weighted by atomic mass is 28.3. The topological polar surface area (TPSA) is 0 Å². The zero-order valence-electron chi connectivity index (χ0n) is 19.4. The van der Waals surface area contributed by atoms with Gasteiger partial charge in [-0.2, -0.15) is 0 Å². The van der Waals surface area contributed by atoms with Crippen molar-refractivity contribution in [1.82, 2.24) is 0 Å². The molecule has 4 aromatic rings. The molecule has 0 aliphatic rings. The summed E-state index contributed by atoms with van der Waals surface area (Å²) in [6, 6.07) is 41.1. The van der Waals surface area contributed by atoms with Gasteiger partial charge in [0, 0.05) is 0 Å². The molecule has 4 rings (SSSR count). The van der Waals surface area contributed by atoms with Crippen molar-refractivity contribution in [2.45, 2.75) is 38.3 Å². The van der Waals surface area contributed by atoms with Crippen molar-refractivity contribution in [3.05, 3.63) is 126 Å². The Balaban J connectivity index is 1.61. The molecule has 0 saturated carbocycles. The molecule has 0 aliphatic heterocycles. The van der Waals surface area contributed by atoms with Crippen LogP contribution in [0.5, 0.6) is 0 Å². The van der Waals surface area contributed by atoms with Crippen LogP contribution in [0.25, 0.3) is 0 Å². The second-order valence-corrected chi connectivity index (χ2v) is 15.6. The summed E-state index contributed by atoms with van der Waals surface area (Å²) in [4.78, 5) is 0. The standard InChI is InChI=1S/C30H34Si2/c1-24-21-25(2)23-26(22-24)13-12-20-30(31-27-14-6-3-7-15-27)32(28-16-8-4-9-17-28)29-18-10-5-11-19-29/h3-11,14-19,21-23,30,32H,12-13,20,31H2,1-2H3. The predicted molar refractivity (Wildman–Crippen MR) is 147 cm³/mol. The van der Waals surface area contributed by atoms with Crippen LogP contribution in [-0.4, -0.2) is 18.3 Å². The number of rotatable bonds is 9. The van der Waals surface area contributed by atoms with E-state index in [9.17, 15) is 0 Å². The van der Waals surface area contributed by atoms with Crippen LogP contribution in [0.4, 0.5) is 0 Å². The van der Waals surface area contributed by atoms with Gasteiger partial charge >= 0.3 is 0 Å². The smallest absolute Gasteiger partial charge is 0.0669 e. The molecule has 0 amide bonds. The van der Waals surface area contributed by atoms with E-state index in [4.69, 9.17) is 0 Å². The van der Waals surface area contributed by atoms with Gasteiger partial charge in [0.25, 0.3) is 0 Å². The Bertz CT molecular complexity index is 1030. The highest BCUT2D eigenvalue weighted by molar-refractivity contribution is 6.93. The first kappa shape index (κ1) is 22.5. The zero-order chi connectivity index (χ0) is 22.2. The molecule has 2 heteroatoms. The van der Waals surface area contributed by atoms with Crippen LogP contribution in [0, 0.1) is 13.8 Å². The first-order chi connectivity index (χ1) is 15.7. The third-order valence-electron chi connectivity index (χ3n) is 6.45. The number of hydrogen-bond acceptors (Lipinski definition) is 0. The summed E-state index contributed by atoms with van der Waals surface area (Å²) in [5, 5.41) is 5.62. The normalized spacial score (nSPS) is 12.5. The molecular weight excluding hydrogens is 417 g/mol. The average molecular weight is 451 g/mol. The van der Waals surface area contributed by atoms with E-state index >= 15 is 0 Å². The van der Waals surface area contributed by atoms with Gasteiger partial charge in [0.05, 0.1) is 9.52 Å². The van der Waals surface area contributed by atoms with Crippen molar-refractivity contribution in [1.29, 1.82) is 0 Å². The van der Waals surface area contributed by atoms with E-state index in [1.165, 1.54) is 36.0 Å². The molecule has 1 unspecified atom stereocenters. The van der Waals surface area contributed by atoms with E-state index in [0.29, 0.717) is 0 Å². The Morgan fingerprint density at radius 2 is 1.16 bits per heavy atom.